The molecule has 0 radical (unpaired) electrons. The molecule has 81 heavy (non-hydrogen) atoms. The van der Waals surface area contributed by atoms with E-state index >= 15 is 0 Å². The van der Waals surface area contributed by atoms with Crippen LogP contribution in [0.2, 0.25) is 0 Å². The molecule has 7 aromatic carbocycles. The highest BCUT2D eigenvalue weighted by molar-refractivity contribution is 7.80. The van der Waals surface area contributed by atoms with Gasteiger partial charge < -0.3 is 20.1 Å². The standard InChI is InChI=1S/C70H82N8O2S/c1-67(2,3)56-32-52(33-57(36-56)68(4,5)6)42-77-44-60(73-75-77)46-79-62-28-20-50(21-29-62)40-71-38-48-16-24-54(25-17-48)64-14-13-15-65(66(64)81)55-26-18-49(19-27-55)39-72-41-51-22-30-63(31-23-51)80-47-61-45-78(76-74-61)43-53-34-58(69(7,8)9)37-59(35-53)70(10,11)12/h13-37,44-45,71-72,81H,38-43,46-47H2,1-12H3. The lowest BCUT2D eigenvalue weighted by atomic mass is 9.79. The number of thiol groups is 1. The minimum atomic E-state index is 0.0588. The molecular formula is C70H82N8O2S. The van der Waals surface area contributed by atoms with Gasteiger partial charge in [0, 0.05) is 31.1 Å². The van der Waals surface area contributed by atoms with E-state index in [1.165, 1.54) is 55.6 Å². The molecule has 0 saturated heterocycles. The lowest BCUT2D eigenvalue weighted by molar-refractivity contribution is 0.301. The van der Waals surface area contributed by atoms with E-state index in [9.17, 15) is 0 Å². The summed E-state index contributed by atoms with van der Waals surface area (Å²) in [5.41, 5.74) is 18.9. The van der Waals surface area contributed by atoms with E-state index in [0.717, 1.165) is 76.2 Å². The molecule has 9 aromatic rings. The summed E-state index contributed by atoms with van der Waals surface area (Å²) in [5.74, 6) is 1.60. The fourth-order valence-electron chi connectivity index (χ4n) is 9.67. The lowest BCUT2D eigenvalue weighted by Crippen LogP contribution is -2.17. The number of ether oxygens (including phenoxy) is 2. The van der Waals surface area contributed by atoms with Crippen molar-refractivity contribution < 1.29 is 9.47 Å². The quantitative estimate of drug-likeness (QED) is 0.0649. The van der Waals surface area contributed by atoms with Crippen LogP contribution in [-0.4, -0.2) is 30.0 Å². The third-order valence-electron chi connectivity index (χ3n) is 14.8. The smallest absolute Gasteiger partial charge is 0.134 e. The third-order valence-corrected chi connectivity index (χ3v) is 15.3. The summed E-state index contributed by atoms with van der Waals surface area (Å²) in [6.07, 6.45) is 3.96. The van der Waals surface area contributed by atoms with Crippen molar-refractivity contribution in [3.8, 4) is 33.8 Å². The molecule has 0 aliphatic heterocycles. The van der Waals surface area contributed by atoms with Gasteiger partial charge in [-0.1, -0.05) is 221 Å². The molecule has 420 valence electrons. The molecule has 0 bridgehead atoms. The molecule has 0 unspecified atom stereocenters. The van der Waals surface area contributed by atoms with Gasteiger partial charge in [-0.15, -0.1) is 22.8 Å². The zero-order valence-electron chi connectivity index (χ0n) is 49.7. The van der Waals surface area contributed by atoms with Gasteiger partial charge >= 0.3 is 0 Å². The first-order valence-corrected chi connectivity index (χ1v) is 28.9. The van der Waals surface area contributed by atoms with Crippen molar-refractivity contribution in [2.75, 3.05) is 0 Å². The number of nitrogens with zero attached hydrogens (tertiary/aromatic N) is 6. The Hall–Kier alpha value is -7.31. The maximum atomic E-state index is 6.12. The molecule has 0 saturated carbocycles. The fourth-order valence-corrected chi connectivity index (χ4v) is 10.1. The number of aromatic nitrogens is 6. The lowest BCUT2D eigenvalue weighted by Gasteiger charge is -2.26. The summed E-state index contributed by atoms with van der Waals surface area (Å²) in [4.78, 5) is 0.965. The minimum absolute atomic E-state index is 0.0588. The second-order valence-electron chi connectivity index (χ2n) is 25.8. The summed E-state index contributed by atoms with van der Waals surface area (Å²) in [5, 5.41) is 24.9. The zero-order valence-corrected chi connectivity index (χ0v) is 50.6. The predicted octanol–water partition coefficient (Wildman–Crippen LogP) is 15.5. The Morgan fingerprint density at radius 1 is 0.395 bits per heavy atom. The first kappa shape index (κ1) is 58.3. The van der Waals surface area contributed by atoms with Crippen LogP contribution in [-0.2, 0) is 74.1 Å². The van der Waals surface area contributed by atoms with Crippen LogP contribution >= 0.6 is 12.6 Å². The highest BCUT2D eigenvalue weighted by Crippen LogP contribution is 2.36. The van der Waals surface area contributed by atoms with Crippen molar-refractivity contribution >= 4 is 12.6 Å². The normalized spacial score (nSPS) is 12.3. The number of hydrogen-bond acceptors (Lipinski definition) is 9. The van der Waals surface area contributed by atoms with Crippen molar-refractivity contribution in [2.24, 2.45) is 0 Å². The van der Waals surface area contributed by atoms with E-state index < -0.39 is 0 Å². The largest absolute Gasteiger partial charge is 0.487 e. The van der Waals surface area contributed by atoms with Crippen molar-refractivity contribution in [3.63, 3.8) is 0 Å². The van der Waals surface area contributed by atoms with Gasteiger partial charge in [0.2, 0.25) is 0 Å². The monoisotopic (exact) mass is 1100 g/mol. The van der Waals surface area contributed by atoms with Crippen LogP contribution in [0.15, 0.2) is 169 Å². The van der Waals surface area contributed by atoms with E-state index in [0.29, 0.717) is 26.3 Å². The summed E-state index contributed by atoms with van der Waals surface area (Å²) >= 11 is 5.08. The van der Waals surface area contributed by atoms with Crippen molar-refractivity contribution in [1.82, 2.24) is 40.6 Å². The molecular weight excluding hydrogens is 1020 g/mol. The Labute approximate surface area is 487 Å². The number of hydrogen-bond donors (Lipinski definition) is 3. The van der Waals surface area contributed by atoms with Gasteiger partial charge in [0.05, 0.1) is 25.5 Å². The number of rotatable bonds is 20. The molecule has 2 N–H and O–H groups in total. The Morgan fingerprint density at radius 3 is 1.01 bits per heavy atom. The number of nitrogens with one attached hydrogen (secondary N) is 2. The van der Waals surface area contributed by atoms with E-state index in [-0.39, 0.29) is 21.7 Å². The number of benzene rings is 7. The van der Waals surface area contributed by atoms with Gasteiger partial charge in [-0.2, -0.15) is 0 Å². The van der Waals surface area contributed by atoms with E-state index in [4.69, 9.17) is 22.1 Å². The summed E-state index contributed by atoms with van der Waals surface area (Å²) < 4.78 is 16.0. The predicted molar refractivity (Wildman–Crippen MR) is 333 cm³/mol. The van der Waals surface area contributed by atoms with Crippen molar-refractivity contribution in [2.45, 2.75) is 162 Å². The van der Waals surface area contributed by atoms with Gasteiger partial charge in [0.1, 0.15) is 36.1 Å². The summed E-state index contributed by atoms with van der Waals surface area (Å²) in [7, 11) is 0. The second kappa shape index (κ2) is 24.8. The van der Waals surface area contributed by atoms with Crippen LogP contribution in [0, 0.1) is 0 Å². The summed E-state index contributed by atoms with van der Waals surface area (Å²) in [6, 6.07) is 54.3. The van der Waals surface area contributed by atoms with Gasteiger partial charge in [0.25, 0.3) is 0 Å². The average molecular weight is 1100 g/mol. The molecule has 9 rings (SSSR count). The van der Waals surface area contributed by atoms with E-state index in [1.807, 2.05) is 46.0 Å². The molecule has 0 amide bonds. The minimum Gasteiger partial charge on any atom is -0.487 e. The molecule has 0 atom stereocenters. The highest BCUT2D eigenvalue weighted by Gasteiger charge is 2.23. The van der Waals surface area contributed by atoms with Gasteiger partial charge in [0.15, 0.2) is 0 Å². The van der Waals surface area contributed by atoms with Crippen LogP contribution in [0.1, 0.15) is 150 Å². The van der Waals surface area contributed by atoms with Gasteiger partial charge in [-0.05, 0) is 124 Å². The molecule has 0 fully saturated rings. The van der Waals surface area contributed by atoms with Crippen molar-refractivity contribution in [1.29, 1.82) is 0 Å². The van der Waals surface area contributed by atoms with Crippen LogP contribution < -0.4 is 20.1 Å². The van der Waals surface area contributed by atoms with E-state index in [1.54, 1.807) is 0 Å². The Morgan fingerprint density at radius 2 is 0.704 bits per heavy atom. The molecule has 2 aromatic heterocycles. The molecule has 2 heterocycles. The Bertz CT molecular complexity index is 3220. The van der Waals surface area contributed by atoms with Crippen LogP contribution in [0.4, 0.5) is 0 Å². The van der Waals surface area contributed by atoms with Crippen LogP contribution in [0.5, 0.6) is 11.5 Å². The maximum absolute atomic E-state index is 6.12. The van der Waals surface area contributed by atoms with Crippen LogP contribution in [0.3, 0.4) is 0 Å². The fraction of sp³-hybridized carbons (Fsp3) is 0.343. The highest BCUT2D eigenvalue weighted by atomic mass is 32.1. The third kappa shape index (κ3) is 16.0. The molecule has 0 spiro atoms. The molecule has 0 aliphatic carbocycles. The van der Waals surface area contributed by atoms with Crippen LogP contribution in [0.25, 0.3) is 22.3 Å². The topological polar surface area (TPSA) is 104 Å². The molecule has 11 heteroatoms. The van der Waals surface area contributed by atoms with Gasteiger partial charge in [-0.3, -0.25) is 0 Å². The zero-order chi connectivity index (χ0) is 57.5. The van der Waals surface area contributed by atoms with Crippen molar-refractivity contribution in [3.05, 3.63) is 231 Å². The van der Waals surface area contributed by atoms with E-state index in [2.05, 4.69) is 242 Å². The second-order valence-corrected chi connectivity index (χ2v) is 26.3. The maximum Gasteiger partial charge on any atom is 0.134 e. The molecule has 10 nitrogen and oxygen atoms in total. The average Bonchev–Trinajstić information content (AvgIpc) is 4.13. The Balaban J connectivity index is 0.693. The SMILES string of the molecule is CC(C)(C)c1cc(Cn2cc(COc3ccc(CNCc4ccc(-c5cccc(-c6ccc(CNCc7ccc(OCc8cn(Cc9cc(C(C)(C)C)cc(C(C)(C)C)c9)nn8)cc7)cc6)c5S)cc4)cc3)nn2)cc(C(C)(C)C)c1. The first-order chi connectivity index (χ1) is 38.5. The summed E-state index contributed by atoms with van der Waals surface area (Å²) in [6.45, 7) is 32.2. The first-order valence-electron chi connectivity index (χ1n) is 28.4. The molecule has 0 aliphatic rings. The van der Waals surface area contributed by atoms with Gasteiger partial charge in [-0.25, -0.2) is 9.36 Å². The Kier molecular flexibility index (Phi) is 17.9.